The molecule has 1 aliphatic heterocycles. The van der Waals surface area contributed by atoms with E-state index in [9.17, 15) is 9.59 Å². The van der Waals surface area contributed by atoms with Crippen LogP contribution in [0.2, 0.25) is 0 Å². The monoisotopic (exact) mass is 400 g/mol. The lowest BCUT2D eigenvalue weighted by atomic mass is 10.1. The highest BCUT2D eigenvalue weighted by Crippen LogP contribution is 2.37. The molecular formula is C21H28N4O2S. The van der Waals surface area contributed by atoms with Crippen LogP contribution < -0.4 is 10.6 Å². The van der Waals surface area contributed by atoms with Crippen molar-refractivity contribution in [3.63, 3.8) is 0 Å². The van der Waals surface area contributed by atoms with Crippen LogP contribution in [0, 0.1) is 0 Å². The van der Waals surface area contributed by atoms with Crippen LogP contribution in [0.1, 0.15) is 50.9 Å². The summed E-state index contributed by atoms with van der Waals surface area (Å²) < 4.78 is 1.82. The number of rotatable bonds is 5. The Morgan fingerprint density at radius 2 is 1.89 bits per heavy atom. The standard InChI is InChI=1S/C21H28N4O2S/c1-14(10-11-15-8-6-5-7-9-15)22-19(26)20(27)23-18-16-12-28-13-17(16)24-25(18)21(2,3)4/h5-9,14H,10-13H2,1-4H3,(H,22,26)(H,23,27)/t14-/m0/s1. The molecule has 150 valence electrons. The van der Waals surface area contributed by atoms with E-state index in [0.29, 0.717) is 5.82 Å². The van der Waals surface area contributed by atoms with Gasteiger partial charge >= 0.3 is 11.8 Å². The van der Waals surface area contributed by atoms with Gasteiger partial charge in [-0.15, -0.1) is 0 Å². The summed E-state index contributed by atoms with van der Waals surface area (Å²) in [5, 5.41) is 10.3. The van der Waals surface area contributed by atoms with Crippen molar-refractivity contribution >= 4 is 29.4 Å². The molecule has 28 heavy (non-hydrogen) atoms. The van der Waals surface area contributed by atoms with Crippen molar-refractivity contribution in [3.8, 4) is 0 Å². The summed E-state index contributed by atoms with van der Waals surface area (Å²) in [6.45, 7) is 8.01. The van der Waals surface area contributed by atoms with Gasteiger partial charge in [0.2, 0.25) is 0 Å². The molecule has 7 heteroatoms. The maximum Gasteiger partial charge on any atom is 0.314 e. The minimum atomic E-state index is -0.642. The van der Waals surface area contributed by atoms with Crippen LogP contribution in [0.15, 0.2) is 30.3 Å². The zero-order valence-corrected chi connectivity index (χ0v) is 17.7. The third-order valence-electron chi connectivity index (χ3n) is 4.71. The number of hydrogen-bond acceptors (Lipinski definition) is 4. The minimum absolute atomic E-state index is 0.0905. The van der Waals surface area contributed by atoms with E-state index < -0.39 is 11.8 Å². The normalized spacial score (nSPS) is 14.4. The van der Waals surface area contributed by atoms with Crippen molar-refractivity contribution in [2.45, 2.75) is 63.6 Å². The van der Waals surface area contributed by atoms with E-state index in [1.54, 1.807) is 11.8 Å². The Morgan fingerprint density at radius 3 is 2.57 bits per heavy atom. The molecule has 1 aliphatic rings. The van der Waals surface area contributed by atoms with Crippen LogP contribution in [0.3, 0.4) is 0 Å². The van der Waals surface area contributed by atoms with Gasteiger partial charge in [0.05, 0.1) is 11.2 Å². The number of thioether (sulfide) groups is 1. The quantitative estimate of drug-likeness (QED) is 0.754. The average molecular weight is 401 g/mol. The smallest absolute Gasteiger partial charge is 0.314 e. The molecule has 1 aromatic carbocycles. The number of anilines is 1. The number of nitrogens with one attached hydrogen (secondary N) is 2. The van der Waals surface area contributed by atoms with Gasteiger partial charge < -0.3 is 10.6 Å². The van der Waals surface area contributed by atoms with E-state index in [0.717, 1.165) is 35.6 Å². The lowest BCUT2D eigenvalue weighted by molar-refractivity contribution is -0.136. The predicted molar refractivity (Wildman–Crippen MR) is 113 cm³/mol. The van der Waals surface area contributed by atoms with E-state index in [1.165, 1.54) is 5.56 Å². The SMILES string of the molecule is C[C@@H](CCc1ccccc1)NC(=O)C(=O)Nc1c2c(nn1C(C)(C)C)CSC2. The van der Waals surface area contributed by atoms with E-state index in [-0.39, 0.29) is 11.6 Å². The summed E-state index contributed by atoms with van der Waals surface area (Å²) in [5.41, 5.74) is 2.96. The number of carbonyl (C=O) groups is 2. The Bertz CT molecular complexity index is 855. The first kappa shape index (κ1) is 20.5. The van der Waals surface area contributed by atoms with Gasteiger partial charge in [-0.05, 0) is 46.1 Å². The van der Waals surface area contributed by atoms with E-state index in [4.69, 9.17) is 0 Å². The van der Waals surface area contributed by atoms with Gasteiger partial charge in [-0.2, -0.15) is 16.9 Å². The molecule has 2 N–H and O–H groups in total. The number of fused-ring (bicyclic) bond motifs is 1. The number of amides is 2. The van der Waals surface area contributed by atoms with Crippen molar-refractivity contribution < 1.29 is 9.59 Å². The number of aromatic nitrogens is 2. The fourth-order valence-electron chi connectivity index (χ4n) is 3.18. The molecule has 0 unspecified atom stereocenters. The molecule has 0 fully saturated rings. The summed E-state index contributed by atoms with van der Waals surface area (Å²) in [5.74, 6) is 1.03. The highest BCUT2D eigenvalue weighted by Gasteiger charge is 2.30. The molecule has 1 atom stereocenters. The molecule has 0 bridgehead atoms. The van der Waals surface area contributed by atoms with E-state index in [1.807, 2.05) is 50.6 Å². The zero-order chi connectivity index (χ0) is 20.3. The fraction of sp³-hybridized carbons (Fsp3) is 0.476. The lowest BCUT2D eigenvalue weighted by Gasteiger charge is -2.23. The summed E-state index contributed by atoms with van der Waals surface area (Å²) in [4.78, 5) is 24.9. The first-order chi connectivity index (χ1) is 13.3. The van der Waals surface area contributed by atoms with Gasteiger partial charge in [0.25, 0.3) is 0 Å². The predicted octanol–water partition coefficient (Wildman–Crippen LogP) is 3.46. The van der Waals surface area contributed by atoms with Crippen LogP contribution in [0.5, 0.6) is 0 Å². The molecular weight excluding hydrogens is 372 g/mol. The zero-order valence-electron chi connectivity index (χ0n) is 16.9. The maximum atomic E-state index is 12.5. The second kappa shape index (κ2) is 8.39. The van der Waals surface area contributed by atoms with Crippen molar-refractivity contribution in [3.05, 3.63) is 47.2 Å². The van der Waals surface area contributed by atoms with Crippen LogP contribution in [0.4, 0.5) is 5.82 Å². The first-order valence-corrected chi connectivity index (χ1v) is 10.8. The van der Waals surface area contributed by atoms with E-state index >= 15 is 0 Å². The molecule has 6 nitrogen and oxygen atoms in total. The van der Waals surface area contributed by atoms with Gasteiger partial charge in [-0.1, -0.05) is 30.3 Å². The van der Waals surface area contributed by atoms with Gasteiger partial charge in [-0.25, -0.2) is 4.68 Å². The second-order valence-electron chi connectivity index (χ2n) is 8.20. The molecule has 0 radical (unpaired) electrons. The molecule has 0 aliphatic carbocycles. The van der Waals surface area contributed by atoms with Gasteiger partial charge in [0.15, 0.2) is 0 Å². The summed E-state index contributed by atoms with van der Waals surface area (Å²) in [6.07, 6.45) is 1.63. The first-order valence-electron chi connectivity index (χ1n) is 9.60. The van der Waals surface area contributed by atoms with Crippen molar-refractivity contribution in [1.29, 1.82) is 0 Å². The highest BCUT2D eigenvalue weighted by molar-refractivity contribution is 7.98. The topological polar surface area (TPSA) is 76.0 Å². The molecule has 3 rings (SSSR count). The average Bonchev–Trinajstić information content (AvgIpc) is 3.23. The highest BCUT2D eigenvalue weighted by atomic mass is 32.2. The van der Waals surface area contributed by atoms with Gasteiger partial charge in [0.1, 0.15) is 5.82 Å². The largest absolute Gasteiger partial charge is 0.345 e. The van der Waals surface area contributed by atoms with Gasteiger partial charge in [-0.3, -0.25) is 9.59 Å². The van der Waals surface area contributed by atoms with Gasteiger partial charge in [0, 0.05) is 23.1 Å². The number of hydrogen-bond donors (Lipinski definition) is 2. The molecule has 1 aromatic heterocycles. The van der Waals surface area contributed by atoms with Crippen LogP contribution in [0.25, 0.3) is 0 Å². The number of nitrogens with zero attached hydrogens (tertiary/aromatic N) is 2. The molecule has 2 amide bonds. The minimum Gasteiger partial charge on any atom is -0.345 e. The Hall–Kier alpha value is -2.28. The maximum absolute atomic E-state index is 12.5. The third-order valence-corrected chi connectivity index (χ3v) is 5.68. The summed E-state index contributed by atoms with van der Waals surface area (Å²) >= 11 is 1.77. The van der Waals surface area contributed by atoms with Crippen molar-refractivity contribution in [1.82, 2.24) is 15.1 Å². The Kier molecular flexibility index (Phi) is 6.13. The molecule has 0 saturated heterocycles. The van der Waals surface area contributed by atoms with Crippen LogP contribution in [-0.4, -0.2) is 27.6 Å². The fourth-order valence-corrected chi connectivity index (χ4v) is 4.22. The Morgan fingerprint density at radius 1 is 1.18 bits per heavy atom. The summed E-state index contributed by atoms with van der Waals surface area (Å²) in [6, 6.07) is 10.0. The third kappa shape index (κ3) is 4.76. The number of carbonyl (C=O) groups excluding carboxylic acids is 2. The molecule has 2 heterocycles. The van der Waals surface area contributed by atoms with Crippen molar-refractivity contribution in [2.75, 3.05) is 5.32 Å². The van der Waals surface area contributed by atoms with Crippen LogP contribution in [-0.2, 0) is 33.1 Å². The Balaban J connectivity index is 1.61. The lowest BCUT2D eigenvalue weighted by Crippen LogP contribution is -2.41. The molecule has 0 spiro atoms. The summed E-state index contributed by atoms with van der Waals surface area (Å²) in [7, 11) is 0. The number of benzene rings is 1. The molecule has 2 aromatic rings. The molecule has 0 saturated carbocycles. The van der Waals surface area contributed by atoms with Crippen molar-refractivity contribution in [2.24, 2.45) is 0 Å². The van der Waals surface area contributed by atoms with E-state index in [2.05, 4.69) is 27.9 Å². The van der Waals surface area contributed by atoms with Crippen LogP contribution >= 0.6 is 11.8 Å². The Labute approximate surface area is 170 Å². The number of aryl methyl sites for hydroxylation is 1. The second-order valence-corrected chi connectivity index (χ2v) is 9.19.